The van der Waals surface area contributed by atoms with Crippen LogP contribution in [0.2, 0.25) is 0 Å². The normalized spacial score (nSPS) is 12.6. The molecule has 0 aliphatic carbocycles. The SMILES string of the molecule is Cc1ccc(-n2nnnc2CNC(=O)C2c3ccccc3Oc3ccccc32)cc1C. The summed E-state index contributed by atoms with van der Waals surface area (Å²) < 4.78 is 7.64. The van der Waals surface area contributed by atoms with Crippen molar-refractivity contribution < 1.29 is 9.53 Å². The van der Waals surface area contributed by atoms with Crippen molar-refractivity contribution in [2.45, 2.75) is 26.3 Å². The minimum Gasteiger partial charge on any atom is -0.457 e. The van der Waals surface area contributed by atoms with Crippen molar-refractivity contribution >= 4 is 5.91 Å². The number of tetrazole rings is 1. The van der Waals surface area contributed by atoms with Crippen molar-refractivity contribution in [2.24, 2.45) is 0 Å². The number of carbonyl (C=O) groups is 1. The summed E-state index contributed by atoms with van der Waals surface area (Å²) >= 11 is 0. The Kier molecular flexibility index (Phi) is 4.71. The summed E-state index contributed by atoms with van der Waals surface area (Å²) in [5.41, 5.74) is 4.89. The Hall–Kier alpha value is -4.00. The standard InChI is InChI=1S/C24H21N5O2/c1-15-11-12-17(13-16(15)2)29-22(26-27-28-29)14-25-24(30)23-18-7-3-5-9-20(18)31-21-10-6-4-8-19(21)23/h3-13,23H,14H2,1-2H3,(H,25,30). The van der Waals surface area contributed by atoms with E-state index < -0.39 is 5.92 Å². The summed E-state index contributed by atoms with van der Waals surface area (Å²) in [4.78, 5) is 13.3. The van der Waals surface area contributed by atoms with E-state index in [9.17, 15) is 4.79 Å². The molecule has 0 spiro atoms. The number of amides is 1. The number of aromatic nitrogens is 4. The number of hydrogen-bond acceptors (Lipinski definition) is 5. The van der Waals surface area contributed by atoms with Crippen LogP contribution in [0.15, 0.2) is 66.7 Å². The summed E-state index contributed by atoms with van der Waals surface area (Å²) in [7, 11) is 0. The van der Waals surface area contributed by atoms with Crippen LogP contribution in [0.25, 0.3) is 5.69 Å². The van der Waals surface area contributed by atoms with Crippen LogP contribution in [0.5, 0.6) is 11.5 Å². The molecule has 7 heteroatoms. The lowest BCUT2D eigenvalue weighted by molar-refractivity contribution is -0.122. The molecule has 1 aliphatic heterocycles. The molecule has 1 aliphatic rings. The van der Waals surface area contributed by atoms with Gasteiger partial charge in [-0.2, -0.15) is 4.68 Å². The van der Waals surface area contributed by atoms with Gasteiger partial charge in [-0.05, 0) is 59.7 Å². The van der Waals surface area contributed by atoms with Gasteiger partial charge in [-0.25, -0.2) is 0 Å². The van der Waals surface area contributed by atoms with Gasteiger partial charge in [-0.3, -0.25) is 4.79 Å². The summed E-state index contributed by atoms with van der Waals surface area (Å²) in [6.07, 6.45) is 0. The summed E-state index contributed by atoms with van der Waals surface area (Å²) in [5, 5.41) is 15.0. The molecule has 0 saturated heterocycles. The first-order valence-electron chi connectivity index (χ1n) is 10.1. The van der Waals surface area contributed by atoms with Crippen LogP contribution in [0.3, 0.4) is 0 Å². The highest BCUT2D eigenvalue weighted by Gasteiger charge is 2.32. The quantitative estimate of drug-likeness (QED) is 0.552. The molecular weight excluding hydrogens is 390 g/mol. The maximum absolute atomic E-state index is 13.3. The van der Waals surface area contributed by atoms with Crippen LogP contribution in [0.1, 0.15) is 34.0 Å². The topological polar surface area (TPSA) is 81.9 Å². The zero-order valence-corrected chi connectivity index (χ0v) is 17.2. The molecule has 4 aromatic rings. The Labute approximate surface area is 179 Å². The van der Waals surface area contributed by atoms with Gasteiger partial charge in [0, 0.05) is 11.1 Å². The molecular formula is C24H21N5O2. The van der Waals surface area contributed by atoms with E-state index in [0.29, 0.717) is 17.3 Å². The van der Waals surface area contributed by atoms with E-state index in [1.807, 2.05) is 73.7 Å². The Morgan fingerprint density at radius 3 is 2.32 bits per heavy atom. The largest absolute Gasteiger partial charge is 0.457 e. The zero-order chi connectivity index (χ0) is 21.4. The molecule has 1 amide bonds. The number of aryl methyl sites for hydroxylation is 2. The van der Waals surface area contributed by atoms with E-state index >= 15 is 0 Å². The first-order valence-corrected chi connectivity index (χ1v) is 10.1. The third kappa shape index (κ3) is 3.44. The second-order valence-corrected chi connectivity index (χ2v) is 7.60. The number of nitrogens with one attached hydrogen (secondary N) is 1. The van der Waals surface area contributed by atoms with Crippen molar-refractivity contribution in [3.8, 4) is 17.2 Å². The maximum atomic E-state index is 13.3. The van der Waals surface area contributed by atoms with Crippen molar-refractivity contribution in [1.82, 2.24) is 25.5 Å². The number of nitrogens with zero attached hydrogens (tertiary/aromatic N) is 4. The molecule has 1 aromatic heterocycles. The van der Waals surface area contributed by atoms with Gasteiger partial charge in [0.1, 0.15) is 11.5 Å². The summed E-state index contributed by atoms with van der Waals surface area (Å²) in [6.45, 7) is 4.31. The molecule has 0 bridgehead atoms. The van der Waals surface area contributed by atoms with Gasteiger partial charge in [0.25, 0.3) is 0 Å². The van der Waals surface area contributed by atoms with Crippen LogP contribution >= 0.6 is 0 Å². The van der Waals surface area contributed by atoms with Gasteiger partial charge in [0.2, 0.25) is 5.91 Å². The van der Waals surface area contributed by atoms with E-state index in [1.165, 1.54) is 5.56 Å². The fraction of sp³-hybridized carbons (Fsp3) is 0.167. The van der Waals surface area contributed by atoms with Crippen molar-refractivity contribution in [3.63, 3.8) is 0 Å². The highest BCUT2D eigenvalue weighted by atomic mass is 16.5. The smallest absolute Gasteiger partial charge is 0.232 e. The van der Waals surface area contributed by atoms with E-state index in [0.717, 1.165) is 22.4 Å². The van der Waals surface area contributed by atoms with Gasteiger partial charge < -0.3 is 10.1 Å². The fourth-order valence-electron chi connectivity index (χ4n) is 3.83. The maximum Gasteiger partial charge on any atom is 0.232 e. The molecule has 7 nitrogen and oxygen atoms in total. The second-order valence-electron chi connectivity index (χ2n) is 7.60. The minimum atomic E-state index is -0.466. The van der Waals surface area contributed by atoms with Crippen LogP contribution in [0.4, 0.5) is 0 Å². The highest BCUT2D eigenvalue weighted by Crippen LogP contribution is 2.43. The van der Waals surface area contributed by atoms with Crippen LogP contribution in [-0.4, -0.2) is 26.1 Å². The first-order chi connectivity index (χ1) is 15.1. The van der Waals surface area contributed by atoms with Crippen LogP contribution in [0, 0.1) is 13.8 Å². The number of rotatable bonds is 4. The predicted octanol–water partition coefficient (Wildman–Crippen LogP) is 3.83. The zero-order valence-electron chi connectivity index (χ0n) is 17.2. The van der Waals surface area contributed by atoms with Crippen LogP contribution < -0.4 is 10.1 Å². The number of fused-ring (bicyclic) bond motifs is 2. The minimum absolute atomic E-state index is 0.127. The van der Waals surface area contributed by atoms with Crippen molar-refractivity contribution in [3.05, 3.63) is 94.8 Å². The number of benzene rings is 3. The molecule has 1 N–H and O–H groups in total. The molecule has 5 rings (SSSR count). The predicted molar refractivity (Wildman–Crippen MR) is 115 cm³/mol. The highest BCUT2D eigenvalue weighted by molar-refractivity contribution is 5.89. The molecule has 0 radical (unpaired) electrons. The number of para-hydroxylation sites is 2. The van der Waals surface area contributed by atoms with E-state index in [-0.39, 0.29) is 12.5 Å². The first kappa shape index (κ1) is 19.0. The monoisotopic (exact) mass is 411 g/mol. The van der Waals surface area contributed by atoms with Gasteiger partial charge in [-0.15, -0.1) is 5.10 Å². The summed E-state index contributed by atoms with van der Waals surface area (Å²) in [5.74, 6) is 1.36. The molecule has 3 aromatic carbocycles. The molecule has 154 valence electrons. The molecule has 0 atom stereocenters. The van der Waals surface area contributed by atoms with Crippen molar-refractivity contribution in [2.75, 3.05) is 0 Å². The average Bonchev–Trinajstić information content (AvgIpc) is 3.26. The third-order valence-corrected chi connectivity index (χ3v) is 5.63. The molecule has 0 unspecified atom stereocenters. The Balaban J connectivity index is 1.42. The third-order valence-electron chi connectivity index (χ3n) is 5.63. The van der Waals surface area contributed by atoms with E-state index in [2.05, 4.69) is 27.8 Å². The van der Waals surface area contributed by atoms with Gasteiger partial charge in [-0.1, -0.05) is 42.5 Å². The van der Waals surface area contributed by atoms with Gasteiger partial charge in [0.05, 0.1) is 18.2 Å². The Morgan fingerprint density at radius 2 is 1.65 bits per heavy atom. The van der Waals surface area contributed by atoms with Crippen molar-refractivity contribution in [1.29, 1.82) is 0 Å². The second kappa shape index (κ2) is 7.68. The number of carbonyl (C=O) groups excluding carboxylic acids is 1. The Morgan fingerprint density at radius 1 is 0.968 bits per heavy atom. The lowest BCUT2D eigenvalue weighted by atomic mass is 9.87. The molecule has 0 fully saturated rings. The number of ether oxygens (including phenoxy) is 1. The lowest BCUT2D eigenvalue weighted by Crippen LogP contribution is -2.32. The Bertz CT molecular complexity index is 1230. The average molecular weight is 411 g/mol. The van der Waals surface area contributed by atoms with Gasteiger partial charge in [0.15, 0.2) is 5.82 Å². The molecule has 2 heterocycles. The summed E-state index contributed by atoms with van der Waals surface area (Å²) in [6, 6.07) is 21.3. The molecule has 31 heavy (non-hydrogen) atoms. The van der Waals surface area contributed by atoms with Gasteiger partial charge >= 0.3 is 0 Å². The van der Waals surface area contributed by atoms with E-state index in [1.54, 1.807) is 4.68 Å². The lowest BCUT2D eigenvalue weighted by Gasteiger charge is -2.27. The molecule has 0 saturated carbocycles. The van der Waals surface area contributed by atoms with Crippen LogP contribution in [-0.2, 0) is 11.3 Å². The van der Waals surface area contributed by atoms with E-state index in [4.69, 9.17) is 4.74 Å². The fourth-order valence-corrected chi connectivity index (χ4v) is 3.83. The number of hydrogen-bond donors (Lipinski definition) is 1.